The Labute approximate surface area is 117 Å². The zero-order valence-electron chi connectivity index (χ0n) is 11.7. The van der Waals surface area contributed by atoms with Gasteiger partial charge in [0.1, 0.15) is 5.82 Å². The Hall–Kier alpha value is -1.95. The fourth-order valence-corrected chi connectivity index (χ4v) is 2.40. The van der Waals surface area contributed by atoms with Gasteiger partial charge in [-0.1, -0.05) is 12.1 Å². The third kappa shape index (κ3) is 2.51. The molecule has 3 rings (SSSR count). The van der Waals surface area contributed by atoms with E-state index in [0.717, 1.165) is 24.3 Å². The summed E-state index contributed by atoms with van der Waals surface area (Å²) < 4.78 is 5.17. The number of rotatable bonds is 2. The number of hydrogen-bond acceptors (Lipinski definition) is 6. The standard InChI is InChI=1S/C14H18N4O2/c1-9-4-6-18(8-12(9)19)13-7-11(3-5-15-13)14-16-10(2)17-20-14/h3,5,7,9,12,19H,4,6,8H2,1-2H3. The Morgan fingerprint density at radius 3 is 3.00 bits per heavy atom. The van der Waals surface area contributed by atoms with Crippen molar-refractivity contribution in [2.75, 3.05) is 18.0 Å². The van der Waals surface area contributed by atoms with E-state index in [-0.39, 0.29) is 6.10 Å². The molecule has 1 N–H and O–H groups in total. The van der Waals surface area contributed by atoms with Crippen LogP contribution in [0, 0.1) is 12.8 Å². The van der Waals surface area contributed by atoms with Crippen LogP contribution >= 0.6 is 0 Å². The van der Waals surface area contributed by atoms with E-state index in [9.17, 15) is 5.11 Å². The summed E-state index contributed by atoms with van der Waals surface area (Å²) in [5.41, 5.74) is 0.851. The van der Waals surface area contributed by atoms with E-state index in [1.54, 1.807) is 13.1 Å². The highest BCUT2D eigenvalue weighted by molar-refractivity contribution is 5.58. The highest BCUT2D eigenvalue weighted by Gasteiger charge is 2.25. The Balaban J connectivity index is 1.84. The smallest absolute Gasteiger partial charge is 0.258 e. The fourth-order valence-electron chi connectivity index (χ4n) is 2.40. The van der Waals surface area contributed by atoms with Crippen molar-refractivity contribution in [3.8, 4) is 11.5 Å². The Morgan fingerprint density at radius 1 is 1.45 bits per heavy atom. The molecule has 2 aromatic rings. The van der Waals surface area contributed by atoms with Crippen LogP contribution in [0.15, 0.2) is 22.9 Å². The molecule has 2 aromatic heterocycles. The summed E-state index contributed by atoms with van der Waals surface area (Å²) in [6.07, 6.45) is 2.39. The van der Waals surface area contributed by atoms with Gasteiger partial charge in [0, 0.05) is 24.8 Å². The van der Waals surface area contributed by atoms with Crippen LogP contribution in [0.25, 0.3) is 11.5 Å². The maximum absolute atomic E-state index is 9.99. The molecular formula is C14H18N4O2. The maximum Gasteiger partial charge on any atom is 0.258 e. The van der Waals surface area contributed by atoms with Crippen LogP contribution in [-0.4, -0.2) is 39.4 Å². The number of aliphatic hydroxyl groups excluding tert-OH is 1. The van der Waals surface area contributed by atoms with E-state index in [0.29, 0.717) is 24.2 Å². The summed E-state index contributed by atoms with van der Waals surface area (Å²) in [5, 5.41) is 13.8. The molecule has 1 aliphatic heterocycles. The van der Waals surface area contributed by atoms with Gasteiger partial charge in [-0.15, -0.1) is 0 Å². The number of anilines is 1. The average Bonchev–Trinajstić information content (AvgIpc) is 2.89. The van der Waals surface area contributed by atoms with Gasteiger partial charge in [-0.2, -0.15) is 4.98 Å². The minimum atomic E-state index is -0.306. The van der Waals surface area contributed by atoms with Crippen molar-refractivity contribution < 1.29 is 9.63 Å². The highest BCUT2D eigenvalue weighted by atomic mass is 16.5. The number of aromatic nitrogens is 3. The Morgan fingerprint density at radius 2 is 2.30 bits per heavy atom. The second-order valence-electron chi connectivity index (χ2n) is 5.33. The van der Waals surface area contributed by atoms with Crippen molar-refractivity contribution in [2.24, 2.45) is 5.92 Å². The molecule has 106 valence electrons. The van der Waals surface area contributed by atoms with Crippen molar-refractivity contribution in [3.05, 3.63) is 24.2 Å². The maximum atomic E-state index is 9.99. The van der Waals surface area contributed by atoms with Crippen molar-refractivity contribution in [1.82, 2.24) is 15.1 Å². The molecule has 0 bridgehead atoms. The molecule has 1 fully saturated rings. The SMILES string of the molecule is Cc1noc(-c2ccnc(N3CCC(C)C(O)C3)c2)n1. The van der Waals surface area contributed by atoms with Crippen LogP contribution in [0.5, 0.6) is 0 Å². The Kier molecular flexibility index (Phi) is 3.40. The van der Waals surface area contributed by atoms with Gasteiger partial charge in [0.15, 0.2) is 5.82 Å². The van der Waals surface area contributed by atoms with Gasteiger partial charge < -0.3 is 14.5 Å². The van der Waals surface area contributed by atoms with Crippen molar-refractivity contribution in [3.63, 3.8) is 0 Å². The van der Waals surface area contributed by atoms with E-state index in [1.807, 2.05) is 12.1 Å². The normalized spacial score (nSPS) is 23.1. The molecule has 0 aromatic carbocycles. The number of pyridine rings is 1. The molecule has 0 saturated carbocycles. The molecule has 2 unspecified atom stereocenters. The molecule has 20 heavy (non-hydrogen) atoms. The van der Waals surface area contributed by atoms with Crippen molar-refractivity contribution in [2.45, 2.75) is 26.4 Å². The summed E-state index contributed by atoms with van der Waals surface area (Å²) >= 11 is 0. The van der Waals surface area contributed by atoms with Gasteiger partial charge in [-0.25, -0.2) is 4.98 Å². The van der Waals surface area contributed by atoms with Crippen LogP contribution in [-0.2, 0) is 0 Å². The van der Waals surface area contributed by atoms with Crippen molar-refractivity contribution >= 4 is 5.82 Å². The molecule has 3 heterocycles. The number of aliphatic hydroxyl groups is 1. The number of hydrogen-bond donors (Lipinski definition) is 1. The summed E-state index contributed by atoms with van der Waals surface area (Å²) in [4.78, 5) is 10.7. The van der Waals surface area contributed by atoms with Crippen LogP contribution in [0.2, 0.25) is 0 Å². The third-order valence-corrected chi connectivity index (χ3v) is 3.76. The molecule has 6 nitrogen and oxygen atoms in total. The lowest BCUT2D eigenvalue weighted by atomic mass is 9.96. The van der Waals surface area contributed by atoms with Crippen LogP contribution in [0.4, 0.5) is 5.82 Å². The minimum Gasteiger partial charge on any atom is -0.391 e. The number of aryl methyl sites for hydroxylation is 1. The van der Waals surface area contributed by atoms with Gasteiger partial charge >= 0.3 is 0 Å². The summed E-state index contributed by atoms with van der Waals surface area (Å²) in [6, 6.07) is 3.77. The minimum absolute atomic E-state index is 0.306. The molecule has 0 radical (unpaired) electrons. The largest absolute Gasteiger partial charge is 0.391 e. The molecule has 0 amide bonds. The number of piperidine rings is 1. The third-order valence-electron chi connectivity index (χ3n) is 3.76. The summed E-state index contributed by atoms with van der Waals surface area (Å²) in [7, 11) is 0. The van der Waals surface area contributed by atoms with E-state index < -0.39 is 0 Å². The summed E-state index contributed by atoms with van der Waals surface area (Å²) in [5.74, 6) is 2.29. The molecule has 1 aliphatic rings. The fraction of sp³-hybridized carbons (Fsp3) is 0.500. The Bertz CT molecular complexity index is 598. The second-order valence-corrected chi connectivity index (χ2v) is 5.33. The molecule has 0 spiro atoms. The molecule has 2 atom stereocenters. The highest BCUT2D eigenvalue weighted by Crippen LogP contribution is 2.25. The van der Waals surface area contributed by atoms with E-state index >= 15 is 0 Å². The molecular weight excluding hydrogens is 256 g/mol. The van der Waals surface area contributed by atoms with E-state index in [4.69, 9.17) is 4.52 Å². The first-order chi connectivity index (χ1) is 9.63. The predicted octanol–water partition coefficient (Wildman–Crippen LogP) is 1.65. The summed E-state index contributed by atoms with van der Waals surface area (Å²) in [6.45, 7) is 5.38. The lowest BCUT2D eigenvalue weighted by Gasteiger charge is -2.35. The quantitative estimate of drug-likeness (QED) is 0.897. The average molecular weight is 274 g/mol. The van der Waals surface area contributed by atoms with Gasteiger partial charge in [-0.05, 0) is 31.4 Å². The molecule has 1 saturated heterocycles. The number of nitrogens with zero attached hydrogens (tertiary/aromatic N) is 4. The zero-order chi connectivity index (χ0) is 14.1. The van der Waals surface area contributed by atoms with Gasteiger partial charge in [0.25, 0.3) is 5.89 Å². The van der Waals surface area contributed by atoms with Crippen LogP contribution in [0.3, 0.4) is 0 Å². The lowest BCUT2D eigenvalue weighted by Crippen LogP contribution is -2.43. The molecule has 0 aliphatic carbocycles. The lowest BCUT2D eigenvalue weighted by molar-refractivity contribution is 0.102. The predicted molar refractivity (Wildman–Crippen MR) is 74.3 cm³/mol. The van der Waals surface area contributed by atoms with E-state index in [1.165, 1.54) is 0 Å². The first-order valence-corrected chi connectivity index (χ1v) is 6.83. The van der Waals surface area contributed by atoms with Crippen LogP contribution < -0.4 is 4.90 Å². The van der Waals surface area contributed by atoms with Gasteiger partial charge in [0.05, 0.1) is 6.10 Å². The first-order valence-electron chi connectivity index (χ1n) is 6.83. The monoisotopic (exact) mass is 274 g/mol. The topological polar surface area (TPSA) is 75.3 Å². The van der Waals surface area contributed by atoms with Gasteiger partial charge in [-0.3, -0.25) is 0 Å². The second kappa shape index (κ2) is 5.20. The molecule has 6 heteroatoms. The van der Waals surface area contributed by atoms with E-state index in [2.05, 4.69) is 26.9 Å². The first kappa shape index (κ1) is 13.1. The van der Waals surface area contributed by atoms with Crippen molar-refractivity contribution in [1.29, 1.82) is 0 Å². The zero-order valence-corrected chi connectivity index (χ0v) is 11.7. The van der Waals surface area contributed by atoms with Gasteiger partial charge in [0.2, 0.25) is 0 Å². The number of β-amino-alcohol motifs (C(OH)–C–C–N with tert-alkyl or cyclic N) is 1. The van der Waals surface area contributed by atoms with Crippen LogP contribution in [0.1, 0.15) is 19.2 Å².